The fraction of sp³-hybridized carbons (Fsp3) is 0. The molecular formula is C16H13N3O4. The Kier molecular flexibility index (Phi) is 5.19. The van der Waals surface area contributed by atoms with E-state index in [0.29, 0.717) is 0 Å². The van der Waals surface area contributed by atoms with E-state index in [9.17, 15) is 20.0 Å². The Balaban J connectivity index is 1.90. The van der Waals surface area contributed by atoms with Gasteiger partial charge in [-0.3, -0.25) is 14.9 Å². The number of rotatable bonds is 5. The zero-order valence-electron chi connectivity index (χ0n) is 11.9. The van der Waals surface area contributed by atoms with Gasteiger partial charge in [-0.2, -0.15) is 5.10 Å². The van der Waals surface area contributed by atoms with Crippen molar-refractivity contribution >= 4 is 23.9 Å². The predicted molar refractivity (Wildman–Crippen MR) is 86.2 cm³/mol. The topological polar surface area (TPSA) is 105 Å². The van der Waals surface area contributed by atoms with E-state index in [2.05, 4.69) is 10.5 Å². The van der Waals surface area contributed by atoms with Crippen LogP contribution in [0.1, 0.15) is 15.9 Å². The van der Waals surface area contributed by atoms with Gasteiger partial charge in [-0.05, 0) is 35.9 Å². The number of non-ortho nitro benzene ring substituents is 1. The number of carbonyl (C=O) groups is 1. The Morgan fingerprint density at radius 3 is 2.52 bits per heavy atom. The van der Waals surface area contributed by atoms with Gasteiger partial charge in [0.25, 0.3) is 11.6 Å². The number of carbonyl (C=O) groups excluding carboxylic acids is 1. The van der Waals surface area contributed by atoms with Crippen molar-refractivity contribution < 1.29 is 14.8 Å². The summed E-state index contributed by atoms with van der Waals surface area (Å²) < 4.78 is 0. The van der Waals surface area contributed by atoms with E-state index in [1.807, 2.05) is 0 Å². The highest BCUT2D eigenvalue weighted by Gasteiger charge is 2.08. The molecule has 0 saturated heterocycles. The van der Waals surface area contributed by atoms with Crippen LogP contribution in [0.3, 0.4) is 0 Å². The number of aromatic hydroxyl groups is 1. The van der Waals surface area contributed by atoms with Gasteiger partial charge in [0.1, 0.15) is 5.75 Å². The first-order valence-corrected chi connectivity index (χ1v) is 6.60. The van der Waals surface area contributed by atoms with Crippen LogP contribution in [-0.4, -0.2) is 22.2 Å². The molecule has 0 heterocycles. The molecule has 7 heteroatoms. The molecule has 1 amide bonds. The highest BCUT2D eigenvalue weighted by Crippen LogP contribution is 2.15. The Morgan fingerprint density at radius 2 is 1.87 bits per heavy atom. The van der Waals surface area contributed by atoms with Gasteiger partial charge in [0, 0.05) is 18.3 Å². The van der Waals surface area contributed by atoms with Crippen LogP contribution in [0.5, 0.6) is 5.75 Å². The highest BCUT2D eigenvalue weighted by molar-refractivity contribution is 5.97. The van der Waals surface area contributed by atoms with Crippen molar-refractivity contribution in [2.24, 2.45) is 5.10 Å². The lowest BCUT2D eigenvalue weighted by molar-refractivity contribution is -0.384. The monoisotopic (exact) mass is 311 g/mol. The van der Waals surface area contributed by atoms with Crippen LogP contribution in [0.25, 0.3) is 6.08 Å². The normalized spacial score (nSPS) is 11.0. The number of hydrogen-bond donors (Lipinski definition) is 2. The lowest BCUT2D eigenvalue weighted by atomic mass is 10.2. The maximum absolute atomic E-state index is 11.7. The standard InChI is InChI=1S/C16H13N3O4/c20-15-6-2-1-5-14(15)16(21)18-17-11-3-4-12-7-9-13(10-8-12)19(22)23/h1-11,20H,(H,18,21)/b4-3+,17-11-. The number of nitrogens with one attached hydrogen (secondary N) is 1. The lowest BCUT2D eigenvalue weighted by Gasteiger charge is -2.01. The number of nitro benzene ring substituents is 1. The fourth-order valence-electron chi connectivity index (χ4n) is 1.73. The van der Waals surface area contributed by atoms with Crippen molar-refractivity contribution in [1.82, 2.24) is 5.43 Å². The molecule has 0 saturated carbocycles. The van der Waals surface area contributed by atoms with Gasteiger partial charge < -0.3 is 5.11 Å². The van der Waals surface area contributed by atoms with Crippen LogP contribution in [0, 0.1) is 10.1 Å². The number of phenols is 1. The van der Waals surface area contributed by atoms with E-state index in [4.69, 9.17) is 0 Å². The lowest BCUT2D eigenvalue weighted by Crippen LogP contribution is -2.17. The maximum atomic E-state index is 11.7. The second-order valence-corrected chi connectivity index (χ2v) is 4.44. The first-order valence-electron chi connectivity index (χ1n) is 6.60. The summed E-state index contributed by atoms with van der Waals surface area (Å²) in [5.74, 6) is -0.648. The van der Waals surface area contributed by atoms with E-state index in [1.165, 1.54) is 30.5 Å². The molecule has 7 nitrogen and oxygen atoms in total. The van der Waals surface area contributed by atoms with Crippen LogP contribution >= 0.6 is 0 Å². The van der Waals surface area contributed by atoms with Gasteiger partial charge in [0.2, 0.25) is 0 Å². The minimum Gasteiger partial charge on any atom is -0.507 e. The largest absolute Gasteiger partial charge is 0.507 e. The number of benzene rings is 2. The predicted octanol–water partition coefficient (Wildman–Crippen LogP) is 2.73. The molecule has 0 aliphatic rings. The first-order chi connectivity index (χ1) is 11.1. The Morgan fingerprint density at radius 1 is 1.17 bits per heavy atom. The van der Waals surface area contributed by atoms with Crippen molar-refractivity contribution in [3.05, 3.63) is 75.8 Å². The molecular weight excluding hydrogens is 298 g/mol. The average molecular weight is 311 g/mol. The number of hydrogen-bond acceptors (Lipinski definition) is 5. The second kappa shape index (κ2) is 7.51. The van der Waals surface area contributed by atoms with Crippen molar-refractivity contribution in [2.45, 2.75) is 0 Å². The van der Waals surface area contributed by atoms with Gasteiger partial charge in [-0.1, -0.05) is 18.2 Å². The van der Waals surface area contributed by atoms with Gasteiger partial charge in [-0.25, -0.2) is 5.43 Å². The maximum Gasteiger partial charge on any atom is 0.275 e. The average Bonchev–Trinajstić information content (AvgIpc) is 2.55. The Bertz CT molecular complexity index is 767. The molecule has 0 spiro atoms. The summed E-state index contributed by atoms with van der Waals surface area (Å²) in [6.45, 7) is 0. The molecule has 0 atom stereocenters. The van der Waals surface area contributed by atoms with Crippen molar-refractivity contribution in [2.75, 3.05) is 0 Å². The molecule has 0 aliphatic carbocycles. The summed E-state index contributed by atoms with van der Waals surface area (Å²) in [5.41, 5.74) is 3.19. The van der Waals surface area contributed by atoms with Crippen LogP contribution in [-0.2, 0) is 0 Å². The SMILES string of the molecule is O=C(N/N=C\C=C\c1ccc([N+](=O)[O-])cc1)c1ccccc1O. The Labute approximate surface area is 131 Å². The molecule has 0 unspecified atom stereocenters. The van der Waals surface area contributed by atoms with Crippen molar-refractivity contribution in [1.29, 1.82) is 0 Å². The smallest absolute Gasteiger partial charge is 0.275 e. The summed E-state index contributed by atoms with van der Waals surface area (Å²) in [4.78, 5) is 21.8. The van der Waals surface area contributed by atoms with Gasteiger partial charge in [0.15, 0.2) is 0 Å². The molecule has 23 heavy (non-hydrogen) atoms. The van der Waals surface area contributed by atoms with Gasteiger partial charge >= 0.3 is 0 Å². The second-order valence-electron chi connectivity index (χ2n) is 4.44. The summed E-state index contributed by atoms with van der Waals surface area (Å²) in [5, 5.41) is 23.8. The molecule has 2 rings (SSSR count). The van der Waals surface area contributed by atoms with Crippen molar-refractivity contribution in [3.63, 3.8) is 0 Å². The number of hydrazone groups is 1. The molecule has 0 fully saturated rings. The summed E-state index contributed by atoms with van der Waals surface area (Å²) in [6, 6.07) is 12.1. The molecule has 2 aromatic carbocycles. The molecule has 0 bridgehead atoms. The molecule has 0 radical (unpaired) electrons. The van der Waals surface area contributed by atoms with E-state index in [1.54, 1.807) is 36.4 Å². The van der Waals surface area contributed by atoms with Gasteiger partial charge in [-0.15, -0.1) is 0 Å². The fourth-order valence-corrected chi connectivity index (χ4v) is 1.73. The van der Waals surface area contributed by atoms with E-state index in [0.717, 1.165) is 5.56 Å². The summed E-state index contributed by atoms with van der Waals surface area (Å²) in [6.07, 6.45) is 4.62. The number of phenolic OH excluding ortho intramolecular Hbond substituents is 1. The van der Waals surface area contributed by atoms with E-state index < -0.39 is 10.8 Å². The van der Waals surface area contributed by atoms with E-state index >= 15 is 0 Å². The Hall–Kier alpha value is -3.48. The quantitative estimate of drug-likeness (QED) is 0.503. The summed E-state index contributed by atoms with van der Waals surface area (Å²) >= 11 is 0. The molecule has 2 N–H and O–H groups in total. The van der Waals surface area contributed by atoms with Gasteiger partial charge in [0.05, 0.1) is 10.5 Å². The number of amides is 1. The number of nitro groups is 1. The third-order valence-corrected chi connectivity index (χ3v) is 2.87. The third-order valence-electron chi connectivity index (χ3n) is 2.87. The third kappa shape index (κ3) is 4.50. The summed E-state index contributed by atoms with van der Waals surface area (Å²) in [7, 11) is 0. The zero-order chi connectivity index (χ0) is 16.7. The van der Waals surface area contributed by atoms with Crippen LogP contribution in [0.2, 0.25) is 0 Å². The zero-order valence-corrected chi connectivity index (χ0v) is 11.9. The minimum absolute atomic E-state index is 0.0192. The number of para-hydroxylation sites is 1. The molecule has 2 aromatic rings. The number of allylic oxidation sites excluding steroid dienone is 1. The first kappa shape index (κ1) is 15.9. The number of nitrogens with zero attached hydrogens (tertiary/aromatic N) is 2. The van der Waals surface area contributed by atoms with E-state index in [-0.39, 0.29) is 17.0 Å². The minimum atomic E-state index is -0.525. The molecule has 116 valence electrons. The van der Waals surface area contributed by atoms with Crippen LogP contribution in [0.4, 0.5) is 5.69 Å². The van der Waals surface area contributed by atoms with Crippen LogP contribution < -0.4 is 5.43 Å². The van der Waals surface area contributed by atoms with Crippen molar-refractivity contribution in [3.8, 4) is 5.75 Å². The highest BCUT2D eigenvalue weighted by atomic mass is 16.6. The molecule has 0 aromatic heterocycles. The van der Waals surface area contributed by atoms with Crippen LogP contribution in [0.15, 0.2) is 59.7 Å². The molecule has 0 aliphatic heterocycles.